The summed E-state index contributed by atoms with van der Waals surface area (Å²) in [4.78, 5) is 44.0. The lowest BCUT2D eigenvalue weighted by Crippen LogP contribution is -2.37. The summed E-state index contributed by atoms with van der Waals surface area (Å²) in [6, 6.07) is 19.7. The van der Waals surface area contributed by atoms with E-state index in [0.29, 0.717) is 24.2 Å². The third-order valence-electron chi connectivity index (χ3n) is 7.17. The number of hydrogen-bond acceptors (Lipinski definition) is 6. The Labute approximate surface area is 249 Å². The smallest absolute Gasteiger partial charge is 0.409 e. The molecule has 10 heteroatoms. The van der Waals surface area contributed by atoms with E-state index in [9.17, 15) is 19.5 Å². The maximum Gasteiger partial charge on any atom is 0.409 e. The van der Waals surface area contributed by atoms with Gasteiger partial charge in [-0.2, -0.15) is 0 Å². The van der Waals surface area contributed by atoms with Crippen LogP contribution in [0.1, 0.15) is 40.7 Å². The zero-order chi connectivity index (χ0) is 30.2. The van der Waals surface area contributed by atoms with Crippen molar-refractivity contribution in [3.63, 3.8) is 0 Å². The zero-order valence-electron chi connectivity index (χ0n) is 23.6. The van der Waals surface area contributed by atoms with Crippen molar-refractivity contribution in [1.29, 1.82) is 0 Å². The van der Waals surface area contributed by atoms with Crippen LogP contribution in [-0.4, -0.2) is 58.7 Å². The first-order valence-electron chi connectivity index (χ1n) is 13.8. The first-order chi connectivity index (χ1) is 20.9. The Hall–Kier alpha value is -5.40. The molecule has 1 saturated heterocycles. The summed E-state index contributed by atoms with van der Waals surface area (Å²) in [5.74, 6) is 5.41. The van der Waals surface area contributed by atoms with Crippen molar-refractivity contribution in [3.8, 4) is 17.5 Å². The number of methoxy groups -OCH3 is 1. The molecule has 1 aliphatic rings. The number of ketones is 1. The summed E-state index contributed by atoms with van der Waals surface area (Å²) in [5, 5.41) is 14.7. The maximum atomic E-state index is 13.1. The van der Waals surface area contributed by atoms with E-state index in [-0.39, 0.29) is 23.3 Å². The quantitative estimate of drug-likeness (QED) is 0.150. The number of anilines is 3. The molecule has 0 saturated carbocycles. The molecule has 10 nitrogen and oxygen atoms in total. The van der Waals surface area contributed by atoms with Crippen molar-refractivity contribution in [2.75, 3.05) is 35.7 Å². The van der Waals surface area contributed by atoms with E-state index in [0.717, 1.165) is 29.8 Å². The molecule has 0 atom stereocenters. The minimum Gasteiger partial charge on any atom is -0.465 e. The molecule has 3 N–H and O–H groups in total. The Kier molecular flexibility index (Phi) is 9.14. The number of piperidine rings is 1. The Bertz CT molecular complexity index is 1670. The van der Waals surface area contributed by atoms with Gasteiger partial charge in [-0.1, -0.05) is 42.2 Å². The third-order valence-corrected chi connectivity index (χ3v) is 7.17. The average molecular weight is 578 g/mol. The summed E-state index contributed by atoms with van der Waals surface area (Å²) < 4.78 is 7.28. The fourth-order valence-electron chi connectivity index (χ4n) is 4.96. The molecular weight excluding hydrogens is 546 g/mol. The van der Waals surface area contributed by atoms with Crippen molar-refractivity contribution in [2.24, 2.45) is 0 Å². The number of Topliss-reactive ketones (excluding diaryl/α,β-unsaturated/α-hetero) is 1. The number of aromatic nitrogens is 2. The van der Waals surface area contributed by atoms with Crippen molar-refractivity contribution in [1.82, 2.24) is 9.55 Å². The molecule has 3 aromatic carbocycles. The highest BCUT2D eigenvalue weighted by Crippen LogP contribution is 2.34. The molecule has 1 fully saturated rings. The van der Waals surface area contributed by atoms with E-state index in [2.05, 4.69) is 32.4 Å². The molecule has 0 bridgehead atoms. The van der Waals surface area contributed by atoms with Crippen LogP contribution < -0.4 is 15.5 Å². The molecule has 0 spiro atoms. The molecule has 4 aromatic rings. The van der Waals surface area contributed by atoms with Crippen LogP contribution in [0, 0.1) is 11.8 Å². The molecule has 2 heterocycles. The summed E-state index contributed by atoms with van der Waals surface area (Å²) >= 11 is 0. The average Bonchev–Trinajstić information content (AvgIpc) is 3.57. The highest BCUT2D eigenvalue weighted by Gasteiger charge is 2.23. The summed E-state index contributed by atoms with van der Waals surface area (Å²) in [6.45, 7) is 1.40. The lowest BCUT2D eigenvalue weighted by atomic mass is 10.0. The van der Waals surface area contributed by atoms with Crippen molar-refractivity contribution in [2.45, 2.75) is 25.4 Å². The Morgan fingerprint density at radius 1 is 0.977 bits per heavy atom. The van der Waals surface area contributed by atoms with Gasteiger partial charge >= 0.3 is 6.09 Å². The molecule has 0 radical (unpaired) electrons. The van der Waals surface area contributed by atoms with Crippen LogP contribution in [0.4, 0.5) is 21.9 Å². The summed E-state index contributed by atoms with van der Waals surface area (Å²) in [6.07, 6.45) is 5.08. The second-order valence-electron chi connectivity index (χ2n) is 10.1. The monoisotopic (exact) mass is 577 g/mol. The molecule has 218 valence electrons. The molecule has 0 unspecified atom stereocenters. The van der Waals surface area contributed by atoms with Crippen LogP contribution >= 0.6 is 0 Å². The van der Waals surface area contributed by atoms with E-state index in [1.54, 1.807) is 60.7 Å². The van der Waals surface area contributed by atoms with E-state index in [1.165, 1.54) is 0 Å². The number of amides is 2. The highest BCUT2D eigenvalue weighted by molar-refractivity contribution is 6.12. The van der Waals surface area contributed by atoms with Crippen molar-refractivity contribution >= 4 is 34.8 Å². The van der Waals surface area contributed by atoms with Crippen LogP contribution in [0.15, 0.2) is 85.5 Å². The Morgan fingerprint density at radius 2 is 1.74 bits per heavy atom. The van der Waals surface area contributed by atoms with Crippen LogP contribution in [0.3, 0.4) is 0 Å². The number of carbonyl (C=O) groups is 3. The lowest BCUT2D eigenvalue weighted by Gasteiger charge is -2.34. The number of carbonyl (C=O) groups excluding carboxylic acids is 2. The van der Waals surface area contributed by atoms with Gasteiger partial charge in [0.1, 0.15) is 0 Å². The van der Waals surface area contributed by atoms with Crippen LogP contribution in [0.2, 0.25) is 0 Å². The summed E-state index contributed by atoms with van der Waals surface area (Å²) in [7, 11) is 1.70. The molecule has 5 rings (SSSR count). The molecule has 1 aliphatic heterocycles. The van der Waals surface area contributed by atoms with Gasteiger partial charge < -0.3 is 24.6 Å². The number of nitrogens with zero attached hydrogens (tertiary/aromatic N) is 3. The van der Waals surface area contributed by atoms with E-state index < -0.39 is 18.4 Å². The molecule has 43 heavy (non-hydrogen) atoms. The van der Waals surface area contributed by atoms with Crippen LogP contribution in [0.5, 0.6) is 0 Å². The molecule has 2 amide bonds. The number of rotatable bonds is 8. The van der Waals surface area contributed by atoms with Gasteiger partial charge in [0.15, 0.2) is 5.78 Å². The predicted molar refractivity (Wildman–Crippen MR) is 164 cm³/mol. The Balaban J connectivity index is 1.43. The maximum absolute atomic E-state index is 13.1. The SMILES string of the molecule is COC1CCN(c2cc(NC(=O)O)c(NC(=O)CC(=O)c3cccc(-n4ccnc4)c3)cc2C#Cc2ccccc2)CC1. The second kappa shape index (κ2) is 13.5. The van der Waals surface area contributed by atoms with Gasteiger partial charge in [-0.15, -0.1) is 0 Å². The van der Waals surface area contributed by atoms with E-state index >= 15 is 0 Å². The molecule has 0 aliphatic carbocycles. The number of ether oxygens (including phenoxy) is 1. The normalized spacial score (nSPS) is 13.1. The van der Waals surface area contributed by atoms with E-state index in [4.69, 9.17) is 4.74 Å². The van der Waals surface area contributed by atoms with E-state index in [1.807, 2.05) is 36.4 Å². The number of hydrogen-bond donors (Lipinski definition) is 3. The van der Waals surface area contributed by atoms with Crippen LogP contribution in [-0.2, 0) is 9.53 Å². The standard InChI is InChI=1S/C33H31N5O5/c1-43-27-12-15-37(16-13-27)30-20-29(36-33(41)42)28(19-24(30)11-10-23-6-3-2-4-7-23)35-32(40)21-31(39)25-8-5-9-26(18-25)38-17-14-34-22-38/h2-9,14,17-20,22,27,36H,12-13,15-16,21H2,1H3,(H,35,40)(H,41,42). The van der Waals surface area contributed by atoms with Gasteiger partial charge in [0.05, 0.1) is 41.5 Å². The highest BCUT2D eigenvalue weighted by atomic mass is 16.5. The first-order valence-corrected chi connectivity index (χ1v) is 13.8. The number of carboxylic acid groups (broad SMARTS) is 1. The minimum absolute atomic E-state index is 0.156. The predicted octanol–water partition coefficient (Wildman–Crippen LogP) is 5.19. The Morgan fingerprint density at radius 3 is 2.44 bits per heavy atom. The van der Waals surface area contributed by atoms with Gasteiger partial charge in [0, 0.05) is 49.4 Å². The fourth-order valence-corrected chi connectivity index (χ4v) is 4.96. The lowest BCUT2D eigenvalue weighted by molar-refractivity contribution is -0.115. The number of imidazole rings is 1. The fraction of sp³-hybridized carbons (Fsp3) is 0.212. The first kappa shape index (κ1) is 29.1. The zero-order valence-corrected chi connectivity index (χ0v) is 23.6. The van der Waals surface area contributed by atoms with Crippen LogP contribution in [0.25, 0.3) is 5.69 Å². The van der Waals surface area contributed by atoms with Gasteiger partial charge in [-0.05, 0) is 49.2 Å². The van der Waals surface area contributed by atoms with Gasteiger partial charge in [-0.25, -0.2) is 9.78 Å². The topological polar surface area (TPSA) is 126 Å². The molecule has 1 aromatic heterocycles. The third kappa shape index (κ3) is 7.47. The van der Waals surface area contributed by atoms with Gasteiger partial charge in [-0.3, -0.25) is 14.9 Å². The van der Waals surface area contributed by atoms with Crippen molar-refractivity contribution in [3.05, 3.63) is 102 Å². The van der Waals surface area contributed by atoms with Crippen molar-refractivity contribution < 1.29 is 24.2 Å². The van der Waals surface area contributed by atoms with Gasteiger partial charge in [0.2, 0.25) is 5.91 Å². The minimum atomic E-state index is -1.28. The van der Waals surface area contributed by atoms with Gasteiger partial charge in [0.25, 0.3) is 0 Å². The number of benzene rings is 3. The largest absolute Gasteiger partial charge is 0.465 e. The summed E-state index contributed by atoms with van der Waals surface area (Å²) in [5.41, 5.74) is 3.67. The molecular formula is C33H31N5O5. The second-order valence-corrected chi connectivity index (χ2v) is 10.1. The number of nitrogens with one attached hydrogen (secondary N) is 2.